The van der Waals surface area contributed by atoms with Crippen LogP contribution in [-0.4, -0.2) is 77.5 Å². The standard InChI is InChI=1S/C42H50N8O4/c1-21(2)37(45-23(5)51)41(53)49-33-15-29(33)17-35(49)39-43-19-31(47-39)27-11-7-25(8-12-27)26-9-13-28(14-10-26)32-20-44-40(48-32)36-18-30-16-34(30)50(36)42(54)38(22(3)4)46-24(6)52/h7-14,19-22,29-30,33-38H,15-18H2,1-6H3,(H,43,47)(H,44,48)(H,45,51)(H,46,52)/t29-,30?,33?,34?,35+,36?,37-,38-/m1/s1. The summed E-state index contributed by atoms with van der Waals surface area (Å²) < 4.78 is 0. The lowest BCUT2D eigenvalue weighted by atomic mass is 10.0. The Morgan fingerprint density at radius 1 is 0.593 bits per heavy atom. The van der Waals surface area contributed by atoms with Gasteiger partial charge in [-0.3, -0.25) is 19.2 Å². The van der Waals surface area contributed by atoms with Gasteiger partial charge in [0, 0.05) is 25.9 Å². The lowest BCUT2D eigenvalue weighted by Gasteiger charge is -2.32. The van der Waals surface area contributed by atoms with Gasteiger partial charge in [0.15, 0.2) is 0 Å². The number of piperidine rings is 2. The van der Waals surface area contributed by atoms with E-state index in [2.05, 4.69) is 69.1 Å². The smallest absolute Gasteiger partial charge is 0.246 e. The third-order valence-corrected chi connectivity index (χ3v) is 11.8. The van der Waals surface area contributed by atoms with Gasteiger partial charge in [-0.2, -0.15) is 0 Å². The SMILES string of the molecule is CC(=O)N[C@@H](C(=O)N1C(c2ncc(-c3ccc(-c4ccc(-c5cnc([C@@H]6C[C@H]7CC7N6C(=O)[C@H](NC(C)=O)C(C)C)[nH]5)cc4)cc3)[nH]2)CC2CC21)C(C)C. The van der Waals surface area contributed by atoms with E-state index in [0.717, 1.165) is 71.0 Å². The zero-order chi connectivity index (χ0) is 38.0. The molecule has 2 saturated heterocycles. The van der Waals surface area contributed by atoms with Gasteiger partial charge in [-0.15, -0.1) is 0 Å². The Morgan fingerprint density at radius 3 is 1.28 bits per heavy atom. The lowest BCUT2D eigenvalue weighted by Crippen LogP contribution is -2.51. The van der Waals surface area contributed by atoms with Crippen molar-refractivity contribution >= 4 is 23.6 Å². The van der Waals surface area contributed by atoms with E-state index in [4.69, 9.17) is 9.97 Å². The molecule has 12 nitrogen and oxygen atoms in total. The van der Waals surface area contributed by atoms with Crippen molar-refractivity contribution in [3.8, 4) is 33.6 Å². The number of hydrogen-bond acceptors (Lipinski definition) is 6. The van der Waals surface area contributed by atoms with Gasteiger partial charge in [0.25, 0.3) is 0 Å². The van der Waals surface area contributed by atoms with Crippen LogP contribution in [-0.2, 0) is 19.2 Å². The molecule has 12 heteroatoms. The summed E-state index contributed by atoms with van der Waals surface area (Å²) in [5.41, 5.74) is 5.97. The van der Waals surface area contributed by atoms with Crippen LogP contribution >= 0.6 is 0 Å². The second-order valence-electron chi connectivity index (χ2n) is 16.5. The summed E-state index contributed by atoms with van der Waals surface area (Å²) in [6.07, 6.45) is 7.45. The summed E-state index contributed by atoms with van der Waals surface area (Å²) in [5.74, 6) is 2.05. The summed E-state index contributed by atoms with van der Waals surface area (Å²) in [5, 5.41) is 5.74. The molecular formula is C42H50N8O4. The van der Waals surface area contributed by atoms with Gasteiger partial charge in [0.05, 0.1) is 35.9 Å². The van der Waals surface area contributed by atoms with Crippen LogP contribution in [0, 0.1) is 23.7 Å². The van der Waals surface area contributed by atoms with Gasteiger partial charge in [-0.1, -0.05) is 76.2 Å². The number of likely N-dealkylation sites (tertiary alicyclic amines) is 2. The zero-order valence-electron chi connectivity index (χ0n) is 31.8. The molecule has 8 rings (SSSR count). The van der Waals surface area contributed by atoms with E-state index >= 15 is 0 Å². The molecule has 4 fully saturated rings. The third-order valence-electron chi connectivity index (χ3n) is 11.8. The Labute approximate surface area is 315 Å². The highest BCUT2D eigenvalue weighted by Crippen LogP contribution is 2.54. The number of benzene rings is 2. The second kappa shape index (κ2) is 13.9. The van der Waals surface area contributed by atoms with Crippen LogP contribution in [0.1, 0.15) is 91.0 Å². The fourth-order valence-corrected chi connectivity index (χ4v) is 8.81. The number of H-pyrrole nitrogens is 2. The Hall–Kier alpha value is -5.26. The van der Waals surface area contributed by atoms with Crippen molar-refractivity contribution in [2.45, 2.75) is 103 Å². The molecule has 0 bridgehead atoms. The molecular weight excluding hydrogens is 681 g/mol. The van der Waals surface area contributed by atoms with Gasteiger partial charge < -0.3 is 30.4 Å². The maximum Gasteiger partial charge on any atom is 0.246 e. The number of hydrogen-bond donors (Lipinski definition) is 4. The zero-order valence-corrected chi connectivity index (χ0v) is 31.8. The molecule has 4 aromatic rings. The normalized spacial score (nSPS) is 25.0. The minimum Gasteiger partial charge on any atom is -0.344 e. The minimum atomic E-state index is -0.552. The molecule has 4 heterocycles. The van der Waals surface area contributed by atoms with Crippen LogP contribution < -0.4 is 10.6 Å². The lowest BCUT2D eigenvalue weighted by molar-refractivity contribution is -0.139. The number of carbonyl (C=O) groups is 4. The van der Waals surface area contributed by atoms with Crippen LogP contribution in [0.5, 0.6) is 0 Å². The number of carbonyl (C=O) groups excluding carboxylic acids is 4. The van der Waals surface area contributed by atoms with E-state index in [1.807, 2.05) is 49.9 Å². The Morgan fingerprint density at radius 2 is 0.944 bits per heavy atom. The topological polar surface area (TPSA) is 156 Å². The fraction of sp³-hybridized carbons (Fsp3) is 0.476. The van der Waals surface area contributed by atoms with Gasteiger partial charge in [0.2, 0.25) is 23.6 Å². The molecule has 4 N–H and O–H groups in total. The minimum absolute atomic E-state index is 0.0154. The highest BCUT2D eigenvalue weighted by atomic mass is 16.2. The van der Waals surface area contributed by atoms with Crippen LogP contribution in [0.2, 0.25) is 0 Å². The first-order valence-corrected chi connectivity index (χ1v) is 19.4. The average Bonchev–Trinajstić information content (AvgIpc) is 3.74. The quantitative estimate of drug-likeness (QED) is 0.153. The van der Waals surface area contributed by atoms with E-state index in [9.17, 15) is 19.2 Å². The summed E-state index contributed by atoms with van der Waals surface area (Å²) in [6.45, 7) is 10.8. The molecule has 2 aromatic carbocycles. The van der Waals surface area contributed by atoms with E-state index in [1.54, 1.807) is 0 Å². The van der Waals surface area contributed by atoms with Crippen LogP contribution in [0.15, 0.2) is 60.9 Å². The molecule has 2 aliphatic carbocycles. The first-order valence-electron chi connectivity index (χ1n) is 19.4. The number of aromatic nitrogens is 4. The number of amides is 4. The van der Waals surface area contributed by atoms with Crippen LogP contribution in [0.3, 0.4) is 0 Å². The molecule has 54 heavy (non-hydrogen) atoms. The molecule has 2 saturated carbocycles. The van der Waals surface area contributed by atoms with Crippen molar-refractivity contribution in [3.05, 3.63) is 72.6 Å². The first-order chi connectivity index (χ1) is 25.9. The molecule has 0 spiro atoms. The summed E-state index contributed by atoms with van der Waals surface area (Å²) in [7, 11) is 0. The second-order valence-corrected chi connectivity index (χ2v) is 16.5. The number of nitrogens with one attached hydrogen (secondary N) is 4. The van der Waals surface area contributed by atoms with Crippen LogP contribution in [0.25, 0.3) is 33.6 Å². The maximum absolute atomic E-state index is 13.7. The monoisotopic (exact) mass is 730 g/mol. The Bertz CT molecular complexity index is 1920. The molecule has 0 radical (unpaired) electrons. The Balaban J connectivity index is 0.936. The highest BCUT2D eigenvalue weighted by Gasteiger charge is 2.57. The van der Waals surface area contributed by atoms with Gasteiger partial charge in [-0.25, -0.2) is 9.97 Å². The first kappa shape index (κ1) is 35.8. The van der Waals surface area contributed by atoms with E-state index in [0.29, 0.717) is 11.8 Å². The summed E-state index contributed by atoms with van der Waals surface area (Å²) >= 11 is 0. The average molecular weight is 731 g/mol. The number of imidazole rings is 2. The fourth-order valence-electron chi connectivity index (χ4n) is 8.81. The van der Waals surface area contributed by atoms with Crippen molar-refractivity contribution in [1.29, 1.82) is 0 Å². The van der Waals surface area contributed by atoms with Crippen LogP contribution in [0.4, 0.5) is 0 Å². The molecule has 4 aliphatic rings. The van der Waals surface area contributed by atoms with Gasteiger partial charge in [0.1, 0.15) is 23.7 Å². The number of nitrogens with zero attached hydrogens (tertiary/aromatic N) is 4. The number of rotatable bonds is 11. The summed E-state index contributed by atoms with van der Waals surface area (Å²) in [6, 6.07) is 15.8. The van der Waals surface area contributed by atoms with Crippen molar-refractivity contribution < 1.29 is 19.2 Å². The molecule has 4 amide bonds. The molecule has 2 aromatic heterocycles. The maximum atomic E-state index is 13.7. The molecule has 2 aliphatic heterocycles. The van der Waals surface area contributed by atoms with Crippen molar-refractivity contribution in [3.63, 3.8) is 0 Å². The number of fused-ring (bicyclic) bond motifs is 2. The Kier molecular flexibility index (Phi) is 9.18. The van der Waals surface area contributed by atoms with Gasteiger partial charge in [-0.05, 0) is 71.6 Å². The van der Waals surface area contributed by atoms with E-state index in [1.165, 1.54) is 13.8 Å². The highest BCUT2D eigenvalue weighted by molar-refractivity contribution is 5.89. The third kappa shape index (κ3) is 6.71. The van der Waals surface area contributed by atoms with Gasteiger partial charge >= 0.3 is 0 Å². The summed E-state index contributed by atoms with van der Waals surface area (Å²) in [4.78, 5) is 71.6. The van der Waals surface area contributed by atoms with E-state index < -0.39 is 12.1 Å². The number of aromatic amines is 2. The van der Waals surface area contributed by atoms with E-state index in [-0.39, 0.29) is 59.6 Å². The predicted octanol–water partition coefficient (Wildman–Crippen LogP) is 5.78. The molecule has 282 valence electrons. The van der Waals surface area contributed by atoms with Crippen molar-refractivity contribution in [2.75, 3.05) is 0 Å². The largest absolute Gasteiger partial charge is 0.344 e. The van der Waals surface area contributed by atoms with Crippen molar-refractivity contribution in [1.82, 2.24) is 40.4 Å². The predicted molar refractivity (Wildman–Crippen MR) is 204 cm³/mol. The molecule has 8 atom stereocenters. The molecule has 4 unspecified atom stereocenters. The van der Waals surface area contributed by atoms with Crippen molar-refractivity contribution in [2.24, 2.45) is 23.7 Å².